The molecule has 8 heteroatoms. The first-order valence-corrected chi connectivity index (χ1v) is 5.28. The Balaban J connectivity index is 2.54. The van der Waals surface area contributed by atoms with Crippen LogP contribution in [0.3, 0.4) is 0 Å². The van der Waals surface area contributed by atoms with Gasteiger partial charge < -0.3 is 0 Å². The maximum absolute atomic E-state index is 12.3. The second-order valence-corrected chi connectivity index (χ2v) is 4.31. The molecule has 1 aliphatic heterocycles. The first kappa shape index (κ1) is 12.1. The lowest BCUT2D eigenvalue weighted by molar-refractivity contribution is -0.133. The summed E-state index contributed by atoms with van der Waals surface area (Å²) in [6.07, 6.45) is -0.0996. The molecule has 2 amide bonds. The highest BCUT2D eigenvalue weighted by Gasteiger charge is 2.47. The molecule has 0 aromatic carbocycles. The van der Waals surface area contributed by atoms with Crippen LogP contribution in [0.25, 0.3) is 0 Å². The van der Waals surface area contributed by atoms with Crippen LogP contribution in [0.5, 0.6) is 0 Å². The summed E-state index contributed by atoms with van der Waals surface area (Å²) < 4.78 is 40.5. The molecule has 0 radical (unpaired) electrons. The summed E-state index contributed by atoms with van der Waals surface area (Å²) in [5, 5.41) is 0. The van der Waals surface area contributed by atoms with E-state index < -0.39 is 32.5 Å². The van der Waals surface area contributed by atoms with E-state index in [2.05, 4.69) is 4.52 Å². The minimum atomic E-state index is -3.14. The summed E-state index contributed by atoms with van der Waals surface area (Å²) in [4.78, 5) is 22.0. The normalized spacial score (nSPS) is 18.6. The van der Waals surface area contributed by atoms with Crippen LogP contribution >= 0.6 is 8.18 Å². The molecule has 1 saturated heterocycles. The molecule has 0 aliphatic carbocycles. The summed E-state index contributed by atoms with van der Waals surface area (Å²) in [5.74, 6) is -4.45. The van der Waals surface area contributed by atoms with E-state index in [-0.39, 0.29) is 12.8 Å². The summed E-state index contributed by atoms with van der Waals surface area (Å²) in [7, 11) is -2.82. The summed E-state index contributed by atoms with van der Waals surface area (Å²) in [6.45, 7) is -0.497. The first-order chi connectivity index (χ1) is 6.81. The van der Waals surface area contributed by atoms with Crippen molar-refractivity contribution in [2.45, 2.75) is 25.7 Å². The summed E-state index contributed by atoms with van der Waals surface area (Å²) >= 11 is 0. The Morgan fingerprint density at radius 2 is 1.87 bits per heavy atom. The van der Waals surface area contributed by atoms with Crippen LogP contribution in [0, 0.1) is 0 Å². The number of halogens is 2. The molecule has 1 unspecified atom stereocenters. The molecule has 1 fully saturated rings. The van der Waals surface area contributed by atoms with E-state index in [0.717, 1.165) is 0 Å². The lowest BCUT2D eigenvalue weighted by Gasteiger charge is -2.05. The number of amides is 2. The van der Waals surface area contributed by atoms with Crippen molar-refractivity contribution < 1.29 is 27.5 Å². The number of hydrogen-bond donors (Lipinski definition) is 0. The number of carbonyl (C=O) groups is 2. The minimum Gasteiger partial charge on any atom is -0.270 e. The fraction of sp³-hybridized carbons (Fsp3) is 0.714. The van der Waals surface area contributed by atoms with Crippen LogP contribution in [-0.4, -0.2) is 29.0 Å². The monoisotopic (exact) mass is 240 g/mol. The molecule has 5 nitrogen and oxygen atoms in total. The maximum atomic E-state index is 12.3. The molecule has 1 aliphatic rings. The van der Waals surface area contributed by atoms with Crippen molar-refractivity contribution in [1.82, 2.24) is 4.67 Å². The molecule has 1 heterocycles. The number of imide groups is 1. The van der Waals surface area contributed by atoms with Crippen LogP contribution in [0.2, 0.25) is 0 Å². The Bertz CT molecular complexity index is 299. The smallest absolute Gasteiger partial charge is 0.270 e. The van der Waals surface area contributed by atoms with Gasteiger partial charge in [0.2, 0.25) is 0 Å². The van der Waals surface area contributed by atoms with Crippen molar-refractivity contribution in [1.29, 1.82) is 0 Å². The zero-order valence-corrected chi connectivity index (χ0v) is 8.80. The fourth-order valence-corrected chi connectivity index (χ4v) is 1.99. The molecule has 15 heavy (non-hydrogen) atoms. The molecule has 84 valence electrons. The quantitative estimate of drug-likeness (QED) is 0.551. The third-order valence-corrected chi connectivity index (χ3v) is 2.74. The summed E-state index contributed by atoms with van der Waals surface area (Å²) in [5.41, 5.74) is 0. The van der Waals surface area contributed by atoms with E-state index in [0.29, 0.717) is 11.6 Å². The van der Waals surface area contributed by atoms with E-state index in [1.165, 1.54) is 0 Å². The van der Waals surface area contributed by atoms with Gasteiger partial charge in [0.15, 0.2) is 6.61 Å². The van der Waals surface area contributed by atoms with Gasteiger partial charge in [0.05, 0.1) is 0 Å². The van der Waals surface area contributed by atoms with Crippen LogP contribution < -0.4 is 0 Å². The largest absolute Gasteiger partial charge is 0.656 e. The van der Waals surface area contributed by atoms with Gasteiger partial charge in [0.25, 0.3) is 17.7 Å². The SMILES string of the molecule is CC(F)(F)CO[P+](=O)N1C(=O)CCC1=O. The van der Waals surface area contributed by atoms with E-state index in [1.807, 2.05) is 0 Å². The van der Waals surface area contributed by atoms with Gasteiger partial charge in [-0.15, -0.1) is 4.52 Å². The zero-order chi connectivity index (χ0) is 11.6. The second kappa shape index (κ2) is 4.28. The Hall–Kier alpha value is -0.940. The Morgan fingerprint density at radius 3 is 2.27 bits per heavy atom. The lowest BCUT2D eigenvalue weighted by Crippen LogP contribution is -2.24. The third-order valence-electron chi connectivity index (χ3n) is 1.62. The van der Waals surface area contributed by atoms with Crippen LogP contribution in [-0.2, 0) is 18.7 Å². The van der Waals surface area contributed by atoms with Crippen molar-refractivity contribution in [3.8, 4) is 0 Å². The second-order valence-electron chi connectivity index (χ2n) is 3.18. The van der Waals surface area contributed by atoms with Gasteiger partial charge >= 0.3 is 8.18 Å². The van der Waals surface area contributed by atoms with Crippen LogP contribution in [0.15, 0.2) is 0 Å². The van der Waals surface area contributed by atoms with E-state index >= 15 is 0 Å². The van der Waals surface area contributed by atoms with E-state index in [1.54, 1.807) is 0 Å². The van der Waals surface area contributed by atoms with Crippen molar-refractivity contribution in [2.75, 3.05) is 6.61 Å². The van der Waals surface area contributed by atoms with Crippen LogP contribution in [0.1, 0.15) is 19.8 Å². The molecule has 0 spiro atoms. The molecule has 0 saturated carbocycles. The van der Waals surface area contributed by atoms with Crippen molar-refractivity contribution >= 4 is 20.0 Å². The molecule has 0 bridgehead atoms. The van der Waals surface area contributed by atoms with Gasteiger partial charge in [-0.2, -0.15) is 0 Å². The molecule has 1 rings (SSSR count). The predicted octanol–water partition coefficient (Wildman–Crippen LogP) is 1.46. The zero-order valence-electron chi connectivity index (χ0n) is 7.90. The number of rotatable bonds is 4. The highest BCUT2D eigenvalue weighted by molar-refractivity contribution is 7.38. The minimum absolute atomic E-state index is 0.0498. The van der Waals surface area contributed by atoms with Crippen molar-refractivity contribution in [2.24, 2.45) is 0 Å². The average Bonchev–Trinajstić information content (AvgIpc) is 2.41. The highest BCUT2D eigenvalue weighted by Crippen LogP contribution is 2.35. The van der Waals surface area contributed by atoms with Crippen LogP contribution in [0.4, 0.5) is 8.78 Å². The molecule has 0 aromatic rings. The predicted molar refractivity (Wildman–Crippen MR) is 45.3 cm³/mol. The maximum Gasteiger partial charge on any atom is 0.656 e. The molecular weight excluding hydrogens is 231 g/mol. The third kappa shape index (κ3) is 3.28. The highest BCUT2D eigenvalue weighted by atomic mass is 31.1. The van der Waals surface area contributed by atoms with Crippen molar-refractivity contribution in [3.05, 3.63) is 0 Å². The molecule has 1 atom stereocenters. The first-order valence-electron chi connectivity index (χ1n) is 4.15. The Labute approximate surface area is 85.3 Å². The number of carbonyl (C=O) groups excluding carboxylic acids is 2. The van der Waals surface area contributed by atoms with Gasteiger partial charge in [-0.05, 0) is 9.24 Å². The number of hydrogen-bond acceptors (Lipinski definition) is 4. The van der Waals surface area contributed by atoms with Gasteiger partial charge in [-0.1, -0.05) is 0 Å². The Morgan fingerprint density at radius 1 is 1.40 bits per heavy atom. The topological polar surface area (TPSA) is 63.7 Å². The summed E-state index contributed by atoms with van der Waals surface area (Å²) in [6, 6.07) is 0. The average molecular weight is 240 g/mol. The molecule has 0 N–H and O–H groups in total. The van der Waals surface area contributed by atoms with Gasteiger partial charge in [0.1, 0.15) is 0 Å². The Kier molecular flexibility index (Phi) is 3.46. The number of alkyl halides is 2. The van der Waals surface area contributed by atoms with E-state index in [4.69, 9.17) is 0 Å². The number of nitrogens with zero attached hydrogens (tertiary/aromatic N) is 1. The van der Waals surface area contributed by atoms with Crippen molar-refractivity contribution in [3.63, 3.8) is 0 Å². The van der Waals surface area contributed by atoms with Gasteiger partial charge in [-0.25, -0.2) is 8.78 Å². The fourth-order valence-electron chi connectivity index (χ4n) is 0.973. The van der Waals surface area contributed by atoms with E-state index in [9.17, 15) is 22.9 Å². The standard InChI is InChI=1S/C7H9F2NO4P/c1-7(8,9)4-14-15(13)10-5(11)2-3-6(10)12/h2-4H2,1H3/q+1. The van der Waals surface area contributed by atoms with Gasteiger partial charge in [-0.3, -0.25) is 9.59 Å². The lowest BCUT2D eigenvalue weighted by atomic mass is 10.4. The molecule has 0 aromatic heterocycles. The van der Waals surface area contributed by atoms with Gasteiger partial charge in [0, 0.05) is 19.8 Å². The molecular formula is C7H9F2NO4P+.